The summed E-state index contributed by atoms with van der Waals surface area (Å²) in [5.41, 5.74) is 6.54. The number of carbonyl (C=O) groups excluding carboxylic acids is 1. The Hall–Kier alpha value is -4.11. The quantitative estimate of drug-likeness (QED) is 0.267. The van der Waals surface area contributed by atoms with Gasteiger partial charge in [-0.15, -0.1) is 0 Å². The molecule has 180 valence electrons. The highest BCUT2D eigenvalue weighted by Crippen LogP contribution is 2.31. The fraction of sp³-hybridized carbons (Fsp3) is 0.296. The topological polar surface area (TPSA) is 124 Å². The van der Waals surface area contributed by atoms with E-state index < -0.39 is 0 Å². The minimum absolute atomic E-state index is 0.132. The van der Waals surface area contributed by atoms with Gasteiger partial charge in [-0.2, -0.15) is 5.10 Å². The molecule has 5 aromatic rings. The van der Waals surface area contributed by atoms with Crippen molar-refractivity contribution in [3.8, 4) is 22.6 Å². The number of rotatable bonds is 0. The SMILES string of the molecule is O=C1NC2CCCC(CNCc3cncc(c3)-c3ccc4[nH]nc(c4c3)-c3nc4c1nccc4[nH]3)C2. The highest BCUT2D eigenvalue weighted by molar-refractivity contribution is 6.04. The van der Waals surface area contributed by atoms with Gasteiger partial charge in [0.05, 0.1) is 11.0 Å². The van der Waals surface area contributed by atoms with Gasteiger partial charge in [-0.05, 0) is 67.1 Å². The molecule has 0 spiro atoms. The standard InChI is InChI=1S/C27H26N8O/c36-27-25-24-22(6-7-30-25)32-26(33-24)23-20-10-17(4-5-21(20)34-35-23)18-8-16(13-29-14-18)12-28-11-15-2-1-3-19(9-15)31-27/h4-8,10,13-15,19,28H,1-3,9,11-12H2,(H,31,36)(H,32,33)(H,34,35). The normalized spacial score (nSPS) is 20.3. The summed E-state index contributed by atoms with van der Waals surface area (Å²) in [7, 11) is 0. The lowest BCUT2D eigenvalue weighted by molar-refractivity contribution is 0.0916. The maximum Gasteiger partial charge on any atom is 0.272 e. The maximum atomic E-state index is 13.3. The van der Waals surface area contributed by atoms with Crippen molar-refractivity contribution >= 4 is 27.8 Å². The molecule has 0 radical (unpaired) electrons. The van der Waals surface area contributed by atoms with E-state index in [-0.39, 0.29) is 11.9 Å². The van der Waals surface area contributed by atoms with E-state index >= 15 is 0 Å². The van der Waals surface area contributed by atoms with E-state index in [9.17, 15) is 4.79 Å². The zero-order valence-corrected chi connectivity index (χ0v) is 19.7. The second-order valence-electron chi connectivity index (χ2n) is 9.89. The van der Waals surface area contributed by atoms with Crippen molar-refractivity contribution in [2.24, 2.45) is 5.92 Å². The molecule has 1 saturated carbocycles. The second kappa shape index (κ2) is 8.53. The maximum absolute atomic E-state index is 13.3. The fourth-order valence-electron chi connectivity index (χ4n) is 5.61. The van der Waals surface area contributed by atoms with Crippen molar-refractivity contribution in [3.05, 3.63) is 60.2 Å². The number of benzene rings is 1. The van der Waals surface area contributed by atoms with Gasteiger partial charge in [-0.25, -0.2) is 9.97 Å². The number of aromatic amines is 2. The van der Waals surface area contributed by atoms with E-state index in [2.05, 4.69) is 54.0 Å². The molecule has 8 bridgehead atoms. The average molecular weight is 479 g/mol. The molecule has 1 aliphatic carbocycles. The largest absolute Gasteiger partial charge is 0.348 e. The first kappa shape index (κ1) is 21.2. The first-order valence-electron chi connectivity index (χ1n) is 12.5. The van der Waals surface area contributed by atoms with Gasteiger partial charge < -0.3 is 15.6 Å². The van der Waals surface area contributed by atoms with Crippen LogP contribution in [0, 0.1) is 5.92 Å². The number of fused-ring (bicyclic) bond motifs is 8. The van der Waals surface area contributed by atoms with Crippen molar-refractivity contribution in [2.75, 3.05) is 6.54 Å². The molecular weight excluding hydrogens is 452 g/mol. The lowest BCUT2D eigenvalue weighted by atomic mass is 9.85. The number of hydrogen-bond donors (Lipinski definition) is 4. The molecule has 1 aliphatic heterocycles. The van der Waals surface area contributed by atoms with E-state index in [1.807, 2.05) is 24.5 Å². The number of imidazole rings is 1. The molecular formula is C27H26N8O. The molecule has 36 heavy (non-hydrogen) atoms. The van der Waals surface area contributed by atoms with Gasteiger partial charge >= 0.3 is 0 Å². The van der Waals surface area contributed by atoms with Crippen LogP contribution in [0.2, 0.25) is 0 Å². The van der Waals surface area contributed by atoms with Crippen LogP contribution < -0.4 is 10.6 Å². The van der Waals surface area contributed by atoms with Crippen LogP contribution in [-0.4, -0.2) is 48.6 Å². The molecule has 9 heteroatoms. The minimum atomic E-state index is -0.175. The molecule has 9 nitrogen and oxygen atoms in total. The lowest BCUT2D eigenvalue weighted by Gasteiger charge is -2.30. The third kappa shape index (κ3) is 3.72. The Kier molecular flexibility index (Phi) is 5.02. The smallest absolute Gasteiger partial charge is 0.272 e. The molecule has 1 fully saturated rings. The Bertz CT molecular complexity index is 1600. The number of nitrogens with zero attached hydrogens (tertiary/aromatic N) is 4. The Morgan fingerprint density at radius 1 is 0.972 bits per heavy atom. The molecule has 2 unspecified atom stereocenters. The average Bonchev–Trinajstić information content (AvgIpc) is 3.52. The number of carbonyl (C=O) groups is 1. The van der Waals surface area contributed by atoms with Gasteiger partial charge in [0.2, 0.25) is 0 Å². The monoisotopic (exact) mass is 478 g/mol. The number of H-pyrrole nitrogens is 2. The fourth-order valence-corrected chi connectivity index (χ4v) is 5.61. The van der Waals surface area contributed by atoms with Crippen molar-refractivity contribution < 1.29 is 4.79 Å². The van der Waals surface area contributed by atoms with Gasteiger partial charge in [0, 0.05) is 42.1 Å². The molecule has 7 rings (SSSR count). The van der Waals surface area contributed by atoms with Crippen LogP contribution in [-0.2, 0) is 6.54 Å². The molecule has 1 aromatic carbocycles. The molecule has 4 N–H and O–H groups in total. The van der Waals surface area contributed by atoms with Crippen LogP contribution >= 0.6 is 0 Å². The first-order chi connectivity index (χ1) is 17.7. The van der Waals surface area contributed by atoms with Gasteiger partial charge in [0.15, 0.2) is 11.5 Å². The second-order valence-corrected chi connectivity index (χ2v) is 9.89. The summed E-state index contributed by atoms with van der Waals surface area (Å²) >= 11 is 0. The zero-order chi connectivity index (χ0) is 24.1. The molecule has 5 heterocycles. The number of pyridine rings is 2. The minimum Gasteiger partial charge on any atom is -0.348 e. The van der Waals surface area contributed by atoms with Crippen LogP contribution in [0.15, 0.2) is 48.9 Å². The van der Waals surface area contributed by atoms with Gasteiger partial charge in [-0.1, -0.05) is 12.5 Å². The zero-order valence-electron chi connectivity index (χ0n) is 19.7. The molecule has 2 atom stereocenters. The van der Waals surface area contributed by atoms with Crippen LogP contribution in [0.1, 0.15) is 41.7 Å². The summed E-state index contributed by atoms with van der Waals surface area (Å²) in [4.78, 5) is 30.3. The Morgan fingerprint density at radius 3 is 2.92 bits per heavy atom. The van der Waals surface area contributed by atoms with Gasteiger partial charge in [0.1, 0.15) is 11.2 Å². The number of nitrogens with one attached hydrogen (secondary N) is 4. The summed E-state index contributed by atoms with van der Waals surface area (Å²) in [5.74, 6) is 0.941. The van der Waals surface area contributed by atoms with E-state index in [4.69, 9.17) is 4.98 Å². The molecule has 4 aromatic heterocycles. The predicted molar refractivity (Wildman–Crippen MR) is 137 cm³/mol. The summed E-state index contributed by atoms with van der Waals surface area (Å²) in [6.45, 7) is 1.67. The predicted octanol–water partition coefficient (Wildman–Crippen LogP) is 3.96. The van der Waals surface area contributed by atoms with E-state index in [0.29, 0.717) is 28.6 Å². The number of hydrogen-bond acceptors (Lipinski definition) is 6. The number of aromatic nitrogens is 6. The highest BCUT2D eigenvalue weighted by Gasteiger charge is 2.26. The lowest BCUT2D eigenvalue weighted by Crippen LogP contribution is -2.40. The summed E-state index contributed by atoms with van der Waals surface area (Å²) in [6, 6.07) is 10.4. The van der Waals surface area contributed by atoms with Crippen LogP contribution in [0.5, 0.6) is 0 Å². The number of amides is 1. The van der Waals surface area contributed by atoms with Crippen LogP contribution in [0.25, 0.3) is 44.6 Å². The molecule has 1 amide bonds. The van der Waals surface area contributed by atoms with Crippen molar-refractivity contribution in [1.82, 2.24) is 40.8 Å². The third-order valence-electron chi connectivity index (χ3n) is 7.41. The Morgan fingerprint density at radius 2 is 1.94 bits per heavy atom. The van der Waals surface area contributed by atoms with Crippen LogP contribution in [0.3, 0.4) is 0 Å². The first-order valence-corrected chi connectivity index (χ1v) is 12.5. The van der Waals surface area contributed by atoms with E-state index in [1.165, 1.54) is 6.42 Å². The summed E-state index contributed by atoms with van der Waals surface area (Å²) in [6.07, 6.45) is 9.67. The van der Waals surface area contributed by atoms with Crippen molar-refractivity contribution in [2.45, 2.75) is 38.3 Å². The summed E-state index contributed by atoms with van der Waals surface area (Å²) < 4.78 is 0. The summed E-state index contributed by atoms with van der Waals surface area (Å²) in [5, 5.41) is 15.5. The van der Waals surface area contributed by atoms with Crippen LogP contribution in [0.4, 0.5) is 0 Å². The Labute approximate surface area is 207 Å². The Balaban J connectivity index is 1.38. The third-order valence-corrected chi connectivity index (χ3v) is 7.41. The molecule has 0 saturated heterocycles. The van der Waals surface area contributed by atoms with Gasteiger partial charge in [0.25, 0.3) is 5.91 Å². The highest BCUT2D eigenvalue weighted by atomic mass is 16.2. The van der Waals surface area contributed by atoms with Gasteiger partial charge in [-0.3, -0.25) is 14.9 Å². The van der Waals surface area contributed by atoms with Crippen molar-refractivity contribution in [3.63, 3.8) is 0 Å². The van der Waals surface area contributed by atoms with E-state index in [0.717, 1.165) is 65.5 Å². The van der Waals surface area contributed by atoms with E-state index in [1.54, 1.807) is 6.20 Å². The molecule has 2 aliphatic rings. The van der Waals surface area contributed by atoms with Crippen molar-refractivity contribution in [1.29, 1.82) is 0 Å².